The SMILES string of the molecule is CCNc1nnc(SCc2ccccc2OCC)s1. The first-order valence-electron chi connectivity index (χ1n) is 6.24. The van der Waals surface area contributed by atoms with Gasteiger partial charge in [0, 0.05) is 17.9 Å². The van der Waals surface area contributed by atoms with E-state index in [1.54, 1.807) is 23.1 Å². The quantitative estimate of drug-likeness (QED) is 0.790. The molecule has 0 atom stereocenters. The lowest BCUT2D eigenvalue weighted by atomic mass is 10.2. The molecule has 0 aliphatic rings. The molecule has 0 spiro atoms. The van der Waals surface area contributed by atoms with Crippen LogP contribution in [0.3, 0.4) is 0 Å². The van der Waals surface area contributed by atoms with Crippen LogP contribution in [0, 0.1) is 0 Å². The molecule has 0 unspecified atom stereocenters. The Kier molecular flexibility index (Phi) is 5.47. The van der Waals surface area contributed by atoms with E-state index in [0.717, 1.165) is 27.5 Å². The van der Waals surface area contributed by atoms with Gasteiger partial charge in [0.2, 0.25) is 5.13 Å². The predicted octanol–water partition coefficient (Wildman–Crippen LogP) is 3.66. The first-order valence-corrected chi connectivity index (χ1v) is 8.04. The summed E-state index contributed by atoms with van der Waals surface area (Å²) in [4.78, 5) is 0. The van der Waals surface area contributed by atoms with Crippen LogP contribution in [0.1, 0.15) is 19.4 Å². The Morgan fingerprint density at radius 2 is 2.11 bits per heavy atom. The van der Waals surface area contributed by atoms with Crippen LogP contribution in [0.15, 0.2) is 28.6 Å². The number of hydrogen-bond donors (Lipinski definition) is 1. The van der Waals surface area contributed by atoms with Crippen LogP contribution in [-0.2, 0) is 5.75 Å². The number of anilines is 1. The Bertz CT molecular complexity index is 516. The van der Waals surface area contributed by atoms with Crippen molar-refractivity contribution < 1.29 is 4.74 Å². The molecule has 19 heavy (non-hydrogen) atoms. The summed E-state index contributed by atoms with van der Waals surface area (Å²) >= 11 is 3.27. The maximum Gasteiger partial charge on any atom is 0.206 e. The lowest BCUT2D eigenvalue weighted by Crippen LogP contribution is -1.95. The number of benzene rings is 1. The maximum absolute atomic E-state index is 5.61. The van der Waals surface area contributed by atoms with Crippen molar-refractivity contribution in [1.82, 2.24) is 10.2 Å². The molecule has 0 aliphatic carbocycles. The number of hydrogen-bond acceptors (Lipinski definition) is 6. The third kappa shape index (κ3) is 4.11. The van der Waals surface area contributed by atoms with Gasteiger partial charge in [-0.3, -0.25) is 0 Å². The summed E-state index contributed by atoms with van der Waals surface area (Å²) in [5.74, 6) is 1.80. The Hall–Kier alpha value is -1.27. The summed E-state index contributed by atoms with van der Waals surface area (Å²) in [7, 11) is 0. The van der Waals surface area contributed by atoms with Crippen molar-refractivity contribution in [2.24, 2.45) is 0 Å². The number of nitrogens with one attached hydrogen (secondary N) is 1. The van der Waals surface area contributed by atoms with Gasteiger partial charge in [0.05, 0.1) is 6.61 Å². The Labute approximate surface area is 121 Å². The molecule has 1 heterocycles. The van der Waals surface area contributed by atoms with Gasteiger partial charge < -0.3 is 10.1 Å². The van der Waals surface area contributed by atoms with Crippen LogP contribution >= 0.6 is 23.1 Å². The molecule has 0 amide bonds. The number of thioether (sulfide) groups is 1. The van der Waals surface area contributed by atoms with E-state index < -0.39 is 0 Å². The minimum atomic E-state index is 0.686. The zero-order chi connectivity index (χ0) is 13.5. The van der Waals surface area contributed by atoms with Crippen molar-refractivity contribution in [1.29, 1.82) is 0 Å². The molecule has 0 saturated carbocycles. The van der Waals surface area contributed by atoms with E-state index in [2.05, 4.69) is 21.6 Å². The summed E-state index contributed by atoms with van der Waals surface area (Å²) in [6.45, 7) is 5.60. The monoisotopic (exact) mass is 295 g/mol. The van der Waals surface area contributed by atoms with E-state index in [4.69, 9.17) is 4.74 Å². The second-order valence-corrected chi connectivity index (χ2v) is 5.93. The molecule has 1 N–H and O–H groups in total. The Morgan fingerprint density at radius 1 is 1.26 bits per heavy atom. The molecule has 0 saturated heterocycles. The van der Waals surface area contributed by atoms with E-state index in [1.165, 1.54) is 5.56 Å². The van der Waals surface area contributed by atoms with Crippen molar-refractivity contribution in [3.05, 3.63) is 29.8 Å². The normalized spacial score (nSPS) is 10.4. The fraction of sp³-hybridized carbons (Fsp3) is 0.385. The van der Waals surface area contributed by atoms with Crippen LogP contribution in [0.2, 0.25) is 0 Å². The summed E-state index contributed by atoms with van der Waals surface area (Å²) in [5.41, 5.74) is 1.19. The van der Waals surface area contributed by atoms with Crippen molar-refractivity contribution in [2.45, 2.75) is 23.9 Å². The van der Waals surface area contributed by atoms with Crippen LogP contribution in [0.5, 0.6) is 5.75 Å². The highest BCUT2D eigenvalue weighted by molar-refractivity contribution is 8.00. The first kappa shape index (κ1) is 14.1. The van der Waals surface area contributed by atoms with E-state index in [9.17, 15) is 0 Å². The van der Waals surface area contributed by atoms with Gasteiger partial charge in [0.25, 0.3) is 0 Å². The molecule has 0 bridgehead atoms. The van der Waals surface area contributed by atoms with Gasteiger partial charge in [-0.2, -0.15) is 0 Å². The van der Waals surface area contributed by atoms with Crippen LogP contribution < -0.4 is 10.1 Å². The number of ether oxygens (including phenoxy) is 1. The van der Waals surface area contributed by atoms with E-state index in [1.807, 2.05) is 32.0 Å². The molecule has 102 valence electrons. The van der Waals surface area contributed by atoms with Crippen molar-refractivity contribution in [2.75, 3.05) is 18.5 Å². The van der Waals surface area contributed by atoms with Gasteiger partial charge in [0.1, 0.15) is 5.75 Å². The Balaban J connectivity index is 1.97. The summed E-state index contributed by atoms with van der Waals surface area (Å²) in [5, 5.41) is 12.3. The van der Waals surface area contributed by atoms with Gasteiger partial charge in [-0.15, -0.1) is 10.2 Å². The zero-order valence-corrected chi connectivity index (χ0v) is 12.7. The van der Waals surface area contributed by atoms with Gasteiger partial charge >= 0.3 is 0 Å². The first-order chi connectivity index (χ1) is 9.33. The fourth-order valence-corrected chi connectivity index (χ4v) is 3.36. The smallest absolute Gasteiger partial charge is 0.206 e. The molecule has 0 fully saturated rings. The van der Waals surface area contributed by atoms with Crippen molar-refractivity contribution >= 4 is 28.2 Å². The van der Waals surface area contributed by atoms with Gasteiger partial charge in [-0.05, 0) is 19.9 Å². The largest absolute Gasteiger partial charge is 0.494 e. The minimum absolute atomic E-state index is 0.686. The second-order valence-electron chi connectivity index (χ2n) is 3.73. The highest BCUT2D eigenvalue weighted by Gasteiger charge is 2.07. The summed E-state index contributed by atoms with van der Waals surface area (Å²) in [6, 6.07) is 8.11. The lowest BCUT2D eigenvalue weighted by Gasteiger charge is -2.08. The van der Waals surface area contributed by atoms with Gasteiger partial charge in [-0.25, -0.2) is 0 Å². The highest BCUT2D eigenvalue weighted by atomic mass is 32.2. The highest BCUT2D eigenvalue weighted by Crippen LogP contribution is 2.31. The van der Waals surface area contributed by atoms with Gasteiger partial charge in [0.15, 0.2) is 4.34 Å². The van der Waals surface area contributed by atoms with Crippen LogP contribution in [0.25, 0.3) is 0 Å². The average molecular weight is 295 g/mol. The molecule has 1 aromatic heterocycles. The summed E-state index contributed by atoms with van der Waals surface area (Å²) < 4.78 is 6.59. The van der Waals surface area contributed by atoms with E-state index in [0.29, 0.717) is 6.61 Å². The van der Waals surface area contributed by atoms with Crippen molar-refractivity contribution in [3.8, 4) is 5.75 Å². The third-order valence-electron chi connectivity index (χ3n) is 2.36. The predicted molar refractivity (Wildman–Crippen MR) is 81.2 cm³/mol. The minimum Gasteiger partial charge on any atom is -0.494 e. The average Bonchev–Trinajstić information content (AvgIpc) is 2.86. The molecular weight excluding hydrogens is 278 g/mol. The molecular formula is C13H17N3OS2. The number of rotatable bonds is 7. The molecule has 6 heteroatoms. The molecule has 1 aromatic carbocycles. The Morgan fingerprint density at radius 3 is 2.89 bits per heavy atom. The summed E-state index contributed by atoms with van der Waals surface area (Å²) in [6.07, 6.45) is 0. The van der Waals surface area contributed by atoms with Crippen molar-refractivity contribution in [3.63, 3.8) is 0 Å². The second kappa shape index (κ2) is 7.35. The number of para-hydroxylation sites is 1. The third-order valence-corrected chi connectivity index (χ3v) is 4.42. The fourth-order valence-electron chi connectivity index (χ4n) is 1.55. The van der Waals surface area contributed by atoms with Crippen LogP contribution in [0.4, 0.5) is 5.13 Å². The topological polar surface area (TPSA) is 47.0 Å². The zero-order valence-electron chi connectivity index (χ0n) is 11.0. The molecule has 0 radical (unpaired) electrons. The van der Waals surface area contributed by atoms with E-state index >= 15 is 0 Å². The molecule has 2 rings (SSSR count). The van der Waals surface area contributed by atoms with Crippen LogP contribution in [-0.4, -0.2) is 23.3 Å². The van der Waals surface area contributed by atoms with E-state index in [-0.39, 0.29) is 0 Å². The maximum atomic E-state index is 5.61. The standard InChI is InChI=1S/C13H17N3OS2/c1-3-14-12-15-16-13(19-12)18-9-10-7-5-6-8-11(10)17-4-2/h5-8H,3-4,9H2,1-2H3,(H,14,15). The molecule has 2 aromatic rings. The number of aromatic nitrogens is 2. The molecule has 0 aliphatic heterocycles. The lowest BCUT2D eigenvalue weighted by molar-refractivity contribution is 0.337. The van der Waals surface area contributed by atoms with Gasteiger partial charge in [-0.1, -0.05) is 41.3 Å². The number of nitrogens with zero attached hydrogens (tertiary/aromatic N) is 2. The molecule has 4 nitrogen and oxygen atoms in total.